The Bertz CT molecular complexity index is 505. The van der Waals surface area contributed by atoms with Crippen LogP contribution in [0.3, 0.4) is 0 Å². The number of rotatable bonds is 5. The number of hydrogen-bond donors (Lipinski definition) is 2. The van der Waals surface area contributed by atoms with E-state index in [2.05, 4.69) is 5.32 Å². The summed E-state index contributed by atoms with van der Waals surface area (Å²) in [6, 6.07) is 6.90. The van der Waals surface area contributed by atoms with E-state index in [1.807, 2.05) is 6.07 Å². The molecule has 0 aliphatic heterocycles. The highest BCUT2D eigenvalue weighted by molar-refractivity contribution is 5.87. The summed E-state index contributed by atoms with van der Waals surface area (Å²) in [4.78, 5) is 23.2. The van der Waals surface area contributed by atoms with Gasteiger partial charge in [-0.1, -0.05) is 44.2 Å². The first-order valence-corrected chi connectivity index (χ1v) is 8.27. The molecular weight excluding hydrogens is 278 g/mol. The van der Waals surface area contributed by atoms with Gasteiger partial charge < -0.3 is 10.4 Å². The summed E-state index contributed by atoms with van der Waals surface area (Å²) < 4.78 is 0. The van der Waals surface area contributed by atoms with Gasteiger partial charge in [0.2, 0.25) is 5.91 Å². The van der Waals surface area contributed by atoms with E-state index in [-0.39, 0.29) is 11.8 Å². The van der Waals surface area contributed by atoms with Crippen molar-refractivity contribution in [3.05, 3.63) is 35.4 Å². The minimum absolute atomic E-state index is 0.158. The van der Waals surface area contributed by atoms with Gasteiger partial charge in [-0.05, 0) is 37.0 Å². The summed E-state index contributed by atoms with van der Waals surface area (Å²) in [5.74, 6) is -0.595. The van der Waals surface area contributed by atoms with E-state index in [1.54, 1.807) is 18.2 Å². The van der Waals surface area contributed by atoms with Crippen molar-refractivity contribution in [2.24, 2.45) is 5.92 Å². The molecule has 1 aliphatic rings. The molecule has 1 saturated carbocycles. The Morgan fingerprint density at radius 3 is 2.45 bits per heavy atom. The molecule has 4 nitrogen and oxygen atoms in total. The first-order valence-electron chi connectivity index (χ1n) is 8.27. The summed E-state index contributed by atoms with van der Waals surface area (Å²) in [7, 11) is 0. The van der Waals surface area contributed by atoms with Crippen LogP contribution in [0.1, 0.15) is 60.9 Å². The van der Waals surface area contributed by atoms with Crippen LogP contribution in [0.5, 0.6) is 0 Å². The van der Waals surface area contributed by atoms with Gasteiger partial charge in [-0.25, -0.2) is 4.79 Å². The molecule has 22 heavy (non-hydrogen) atoms. The summed E-state index contributed by atoms with van der Waals surface area (Å²) >= 11 is 0. The maximum Gasteiger partial charge on any atom is 0.335 e. The fourth-order valence-electron chi connectivity index (χ4n) is 3.05. The van der Waals surface area contributed by atoms with Gasteiger partial charge in [0.05, 0.1) is 5.56 Å². The molecule has 0 aromatic heterocycles. The minimum atomic E-state index is -0.916. The molecule has 1 amide bonds. The summed E-state index contributed by atoms with van der Waals surface area (Å²) in [6.07, 6.45) is 8.75. The molecule has 0 saturated heterocycles. The van der Waals surface area contributed by atoms with Crippen LogP contribution in [0.2, 0.25) is 0 Å². The first kappa shape index (κ1) is 16.5. The molecule has 1 aromatic rings. The third kappa shape index (κ3) is 5.17. The number of aromatic carboxylic acids is 1. The quantitative estimate of drug-likeness (QED) is 0.876. The van der Waals surface area contributed by atoms with Crippen LogP contribution in [-0.4, -0.2) is 23.5 Å². The zero-order chi connectivity index (χ0) is 15.8. The van der Waals surface area contributed by atoms with Crippen molar-refractivity contribution in [3.63, 3.8) is 0 Å². The number of carbonyl (C=O) groups is 2. The van der Waals surface area contributed by atoms with Crippen molar-refractivity contribution in [3.8, 4) is 0 Å². The zero-order valence-corrected chi connectivity index (χ0v) is 13.0. The fourth-order valence-corrected chi connectivity index (χ4v) is 3.05. The van der Waals surface area contributed by atoms with Gasteiger partial charge in [0.1, 0.15) is 0 Å². The monoisotopic (exact) mass is 303 g/mol. The van der Waals surface area contributed by atoms with E-state index in [4.69, 9.17) is 5.11 Å². The highest BCUT2D eigenvalue weighted by Gasteiger charge is 2.18. The molecule has 2 rings (SSSR count). The molecule has 0 atom stereocenters. The van der Waals surface area contributed by atoms with Crippen molar-refractivity contribution < 1.29 is 14.7 Å². The van der Waals surface area contributed by atoms with Crippen LogP contribution in [-0.2, 0) is 11.2 Å². The third-order valence-electron chi connectivity index (χ3n) is 4.36. The summed E-state index contributed by atoms with van der Waals surface area (Å²) in [5.41, 5.74) is 1.24. The van der Waals surface area contributed by atoms with Gasteiger partial charge in [-0.15, -0.1) is 0 Å². The number of nitrogens with one attached hydrogen (secondary N) is 1. The Balaban J connectivity index is 1.78. The van der Waals surface area contributed by atoms with Gasteiger partial charge in [0.25, 0.3) is 0 Å². The lowest BCUT2D eigenvalue weighted by molar-refractivity contribution is -0.125. The molecule has 120 valence electrons. The lowest BCUT2D eigenvalue weighted by Gasteiger charge is -2.19. The standard InChI is InChI=1S/C18H25NO3/c20-17(15-8-4-2-1-3-5-9-15)19-12-11-14-7-6-10-16(13-14)18(21)22/h6-7,10,13,15H,1-5,8-9,11-12H2,(H,19,20)(H,21,22). The highest BCUT2D eigenvalue weighted by Crippen LogP contribution is 2.22. The lowest BCUT2D eigenvalue weighted by atomic mass is 9.90. The van der Waals surface area contributed by atoms with Gasteiger partial charge in [-0.3, -0.25) is 4.79 Å². The molecule has 0 spiro atoms. The topological polar surface area (TPSA) is 66.4 Å². The average Bonchev–Trinajstić information content (AvgIpc) is 2.47. The molecule has 0 bridgehead atoms. The van der Waals surface area contributed by atoms with Crippen LogP contribution in [0.25, 0.3) is 0 Å². The zero-order valence-electron chi connectivity index (χ0n) is 13.0. The normalized spacial score (nSPS) is 16.5. The number of carboxylic acids is 1. The Hall–Kier alpha value is -1.84. The van der Waals surface area contributed by atoms with Crippen molar-refractivity contribution in [1.82, 2.24) is 5.32 Å². The molecule has 1 fully saturated rings. The molecular formula is C18H25NO3. The molecule has 0 unspecified atom stereocenters. The van der Waals surface area contributed by atoms with Crippen LogP contribution >= 0.6 is 0 Å². The molecule has 0 radical (unpaired) electrons. The first-order chi connectivity index (χ1) is 10.7. The van der Waals surface area contributed by atoms with E-state index in [9.17, 15) is 9.59 Å². The van der Waals surface area contributed by atoms with Crippen molar-refractivity contribution >= 4 is 11.9 Å². The van der Waals surface area contributed by atoms with Crippen molar-refractivity contribution in [1.29, 1.82) is 0 Å². The largest absolute Gasteiger partial charge is 0.478 e. The van der Waals surface area contributed by atoms with E-state index < -0.39 is 5.97 Å². The van der Waals surface area contributed by atoms with Gasteiger partial charge in [0.15, 0.2) is 0 Å². The summed E-state index contributed by atoms with van der Waals surface area (Å²) in [5, 5.41) is 12.0. The predicted molar refractivity (Wildman–Crippen MR) is 85.9 cm³/mol. The predicted octanol–water partition coefficient (Wildman–Crippen LogP) is 3.40. The molecule has 4 heteroatoms. The third-order valence-corrected chi connectivity index (χ3v) is 4.36. The fraction of sp³-hybridized carbons (Fsp3) is 0.556. The van der Waals surface area contributed by atoms with Crippen LogP contribution < -0.4 is 5.32 Å². The Kier molecular flexibility index (Phi) is 6.44. The SMILES string of the molecule is O=C(O)c1cccc(CCNC(=O)C2CCCCCCC2)c1. The summed E-state index contributed by atoms with van der Waals surface area (Å²) in [6.45, 7) is 0.568. The van der Waals surface area contributed by atoms with Gasteiger partial charge in [-0.2, -0.15) is 0 Å². The maximum absolute atomic E-state index is 12.2. The van der Waals surface area contributed by atoms with E-state index >= 15 is 0 Å². The van der Waals surface area contributed by atoms with Crippen LogP contribution in [0.15, 0.2) is 24.3 Å². The van der Waals surface area contributed by atoms with Crippen molar-refractivity contribution in [2.75, 3.05) is 6.54 Å². The van der Waals surface area contributed by atoms with Crippen LogP contribution in [0, 0.1) is 5.92 Å². The second-order valence-electron chi connectivity index (χ2n) is 6.09. The van der Waals surface area contributed by atoms with Crippen LogP contribution in [0.4, 0.5) is 0 Å². The number of carbonyl (C=O) groups excluding carboxylic acids is 1. The number of carboxylic acid groups (broad SMARTS) is 1. The number of amides is 1. The van der Waals surface area contributed by atoms with E-state index in [0.717, 1.165) is 31.2 Å². The number of benzene rings is 1. The second kappa shape index (κ2) is 8.57. The second-order valence-corrected chi connectivity index (χ2v) is 6.09. The maximum atomic E-state index is 12.2. The smallest absolute Gasteiger partial charge is 0.335 e. The van der Waals surface area contributed by atoms with Gasteiger partial charge in [0, 0.05) is 12.5 Å². The minimum Gasteiger partial charge on any atom is -0.478 e. The number of hydrogen-bond acceptors (Lipinski definition) is 2. The Morgan fingerprint density at radius 1 is 1.09 bits per heavy atom. The van der Waals surface area contributed by atoms with Gasteiger partial charge >= 0.3 is 5.97 Å². The van der Waals surface area contributed by atoms with E-state index in [0.29, 0.717) is 18.5 Å². The average molecular weight is 303 g/mol. The Morgan fingerprint density at radius 2 is 1.77 bits per heavy atom. The highest BCUT2D eigenvalue weighted by atomic mass is 16.4. The molecule has 1 aromatic carbocycles. The molecule has 2 N–H and O–H groups in total. The van der Waals surface area contributed by atoms with Crippen molar-refractivity contribution in [2.45, 2.75) is 51.4 Å². The molecule has 0 heterocycles. The molecule has 1 aliphatic carbocycles. The Labute approximate surface area is 131 Å². The van der Waals surface area contributed by atoms with E-state index in [1.165, 1.54) is 19.3 Å². The lowest BCUT2D eigenvalue weighted by Crippen LogP contribution is -2.32.